The van der Waals surface area contributed by atoms with Crippen molar-refractivity contribution in [1.29, 1.82) is 0 Å². The highest BCUT2D eigenvalue weighted by Crippen LogP contribution is 2.35. The van der Waals surface area contributed by atoms with Gasteiger partial charge in [-0.2, -0.15) is 0 Å². The van der Waals surface area contributed by atoms with Crippen LogP contribution in [0.4, 0.5) is 0 Å². The molecular weight excluding hydrogens is 232 g/mol. The van der Waals surface area contributed by atoms with Gasteiger partial charge in [-0.25, -0.2) is 0 Å². The summed E-state index contributed by atoms with van der Waals surface area (Å²) in [6.07, 6.45) is 4.30. The van der Waals surface area contributed by atoms with E-state index in [4.69, 9.17) is 0 Å². The molecule has 106 valence electrons. The molecule has 0 bridgehead atoms. The van der Waals surface area contributed by atoms with Crippen LogP contribution in [0.3, 0.4) is 0 Å². The molecule has 1 saturated carbocycles. The van der Waals surface area contributed by atoms with Gasteiger partial charge < -0.3 is 5.11 Å². The lowest BCUT2D eigenvalue weighted by Crippen LogP contribution is -2.30. The summed E-state index contributed by atoms with van der Waals surface area (Å²) in [5.74, 6) is 2.07. The molecule has 0 spiro atoms. The van der Waals surface area contributed by atoms with Crippen molar-refractivity contribution in [3.05, 3.63) is 34.9 Å². The second-order valence-electron chi connectivity index (χ2n) is 6.80. The summed E-state index contributed by atoms with van der Waals surface area (Å²) >= 11 is 0. The zero-order chi connectivity index (χ0) is 14.0. The molecule has 1 heteroatoms. The number of aliphatic hydroxyl groups excluding tert-OH is 1. The average molecular weight is 260 g/mol. The van der Waals surface area contributed by atoms with Crippen LogP contribution in [0.5, 0.6) is 0 Å². The van der Waals surface area contributed by atoms with Crippen molar-refractivity contribution in [3.63, 3.8) is 0 Å². The highest BCUT2D eigenvalue weighted by molar-refractivity contribution is 5.29. The van der Waals surface area contributed by atoms with Crippen LogP contribution in [0.25, 0.3) is 0 Å². The summed E-state index contributed by atoms with van der Waals surface area (Å²) < 4.78 is 0. The molecule has 0 heterocycles. The lowest BCUT2D eigenvalue weighted by atomic mass is 9.73. The van der Waals surface area contributed by atoms with E-state index in [1.165, 1.54) is 36.0 Å². The van der Waals surface area contributed by atoms with Gasteiger partial charge in [-0.3, -0.25) is 0 Å². The number of aliphatic hydroxyl groups is 1. The zero-order valence-corrected chi connectivity index (χ0v) is 12.8. The van der Waals surface area contributed by atoms with Gasteiger partial charge >= 0.3 is 0 Å². The highest BCUT2D eigenvalue weighted by atomic mass is 16.3. The molecule has 1 fully saturated rings. The van der Waals surface area contributed by atoms with Gasteiger partial charge in [-0.15, -0.1) is 0 Å². The number of benzene rings is 1. The maximum atomic E-state index is 10.5. The third kappa shape index (κ3) is 3.82. The summed E-state index contributed by atoms with van der Waals surface area (Å²) in [6, 6.07) is 6.62. The Hall–Kier alpha value is -0.820. The molecule has 0 aromatic heterocycles. The normalized spacial score (nSPS) is 29.2. The van der Waals surface area contributed by atoms with Gasteiger partial charge in [0.1, 0.15) is 0 Å². The maximum Gasteiger partial charge on any atom is 0.0608 e. The minimum Gasteiger partial charge on any atom is -0.392 e. The Balaban J connectivity index is 1.98. The Kier molecular flexibility index (Phi) is 4.67. The Morgan fingerprint density at radius 3 is 2.26 bits per heavy atom. The van der Waals surface area contributed by atoms with E-state index in [1.54, 1.807) is 0 Å². The van der Waals surface area contributed by atoms with Gasteiger partial charge in [-0.1, -0.05) is 49.6 Å². The first-order valence-electron chi connectivity index (χ1n) is 7.71. The van der Waals surface area contributed by atoms with Crippen molar-refractivity contribution >= 4 is 0 Å². The van der Waals surface area contributed by atoms with Crippen LogP contribution in [0.15, 0.2) is 18.2 Å². The molecule has 4 atom stereocenters. The van der Waals surface area contributed by atoms with Crippen LogP contribution in [0, 0.1) is 31.6 Å². The standard InChI is InChI=1S/C18H28O/c1-12-7-13(2)9-16(8-12)11-18(19)17-6-5-14(3)15(4)10-17/h7-9,14-15,17-19H,5-6,10-11H2,1-4H3. The number of hydrogen-bond acceptors (Lipinski definition) is 1. The topological polar surface area (TPSA) is 20.2 Å². The van der Waals surface area contributed by atoms with Crippen LogP contribution in [0.1, 0.15) is 49.8 Å². The molecule has 0 aliphatic heterocycles. The summed E-state index contributed by atoms with van der Waals surface area (Å²) in [5.41, 5.74) is 3.89. The zero-order valence-electron chi connectivity index (χ0n) is 12.8. The summed E-state index contributed by atoms with van der Waals surface area (Å²) in [6.45, 7) is 8.94. The Labute approximate surface area is 118 Å². The second-order valence-corrected chi connectivity index (χ2v) is 6.80. The molecule has 1 nitrogen and oxygen atoms in total. The quantitative estimate of drug-likeness (QED) is 0.860. The van der Waals surface area contributed by atoms with E-state index in [1.807, 2.05) is 0 Å². The van der Waals surface area contributed by atoms with Crippen molar-refractivity contribution in [1.82, 2.24) is 0 Å². The molecule has 0 radical (unpaired) electrons. The fraction of sp³-hybridized carbons (Fsp3) is 0.667. The minimum absolute atomic E-state index is 0.170. The summed E-state index contributed by atoms with van der Waals surface area (Å²) in [4.78, 5) is 0. The van der Waals surface area contributed by atoms with Crippen molar-refractivity contribution in [3.8, 4) is 0 Å². The number of hydrogen-bond donors (Lipinski definition) is 1. The molecule has 0 saturated heterocycles. The van der Waals surface area contributed by atoms with Crippen LogP contribution in [-0.4, -0.2) is 11.2 Å². The van der Waals surface area contributed by atoms with E-state index < -0.39 is 0 Å². The lowest BCUT2D eigenvalue weighted by molar-refractivity contribution is 0.0570. The minimum atomic E-state index is -0.170. The van der Waals surface area contributed by atoms with E-state index >= 15 is 0 Å². The fourth-order valence-electron chi connectivity index (χ4n) is 3.53. The van der Waals surface area contributed by atoms with Crippen LogP contribution in [-0.2, 0) is 6.42 Å². The highest BCUT2D eigenvalue weighted by Gasteiger charge is 2.29. The van der Waals surface area contributed by atoms with Crippen LogP contribution >= 0.6 is 0 Å². The molecule has 2 rings (SSSR count). The van der Waals surface area contributed by atoms with Gasteiger partial charge in [0.2, 0.25) is 0 Å². The van der Waals surface area contributed by atoms with Gasteiger partial charge in [0.05, 0.1) is 6.10 Å². The van der Waals surface area contributed by atoms with Crippen molar-refractivity contribution in [2.75, 3.05) is 0 Å². The first-order chi connectivity index (χ1) is 8.95. The van der Waals surface area contributed by atoms with E-state index in [0.717, 1.165) is 18.3 Å². The van der Waals surface area contributed by atoms with Crippen LogP contribution in [0.2, 0.25) is 0 Å². The predicted molar refractivity (Wildman–Crippen MR) is 81.3 cm³/mol. The van der Waals surface area contributed by atoms with Gasteiger partial charge in [0.25, 0.3) is 0 Å². The third-order valence-corrected chi connectivity index (χ3v) is 4.91. The predicted octanol–water partition coefficient (Wildman–Crippen LogP) is 4.28. The van der Waals surface area contributed by atoms with Crippen LogP contribution < -0.4 is 0 Å². The number of rotatable bonds is 3. The second kappa shape index (κ2) is 6.09. The fourth-order valence-corrected chi connectivity index (χ4v) is 3.53. The first kappa shape index (κ1) is 14.6. The van der Waals surface area contributed by atoms with Crippen molar-refractivity contribution < 1.29 is 5.11 Å². The van der Waals surface area contributed by atoms with Gasteiger partial charge in [-0.05, 0) is 56.4 Å². The first-order valence-corrected chi connectivity index (χ1v) is 7.71. The smallest absolute Gasteiger partial charge is 0.0608 e. The Bertz CT molecular complexity index is 403. The molecular formula is C18H28O. The van der Waals surface area contributed by atoms with Crippen molar-refractivity contribution in [2.24, 2.45) is 17.8 Å². The van der Waals surface area contributed by atoms with E-state index in [-0.39, 0.29) is 6.10 Å². The largest absolute Gasteiger partial charge is 0.392 e. The Morgan fingerprint density at radius 2 is 1.68 bits per heavy atom. The molecule has 1 aromatic rings. The Morgan fingerprint density at radius 1 is 1.05 bits per heavy atom. The summed E-state index contributed by atoms with van der Waals surface area (Å²) in [7, 11) is 0. The van der Waals surface area contributed by atoms with E-state index in [2.05, 4.69) is 45.9 Å². The van der Waals surface area contributed by atoms with Gasteiger partial charge in [0.15, 0.2) is 0 Å². The molecule has 1 aliphatic rings. The number of aryl methyl sites for hydroxylation is 2. The average Bonchev–Trinajstić information content (AvgIpc) is 2.31. The lowest BCUT2D eigenvalue weighted by Gasteiger charge is -2.34. The van der Waals surface area contributed by atoms with Crippen molar-refractivity contribution in [2.45, 2.75) is 59.5 Å². The summed E-state index contributed by atoms with van der Waals surface area (Å²) in [5, 5.41) is 10.5. The molecule has 0 amide bonds. The van der Waals surface area contributed by atoms with E-state index in [9.17, 15) is 5.11 Å². The SMILES string of the molecule is Cc1cc(C)cc(CC(O)C2CCC(C)C(C)C2)c1. The molecule has 1 aromatic carbocycles. The monoisotopic (exact) mass is 260 g/mol. The molecule has 1 N–H and O–H groups in total. The van der Waals surface area contributed by atoms with Gasteiger partial charge in [0, 0.05) is 0 Å². The molecule has 4 unspecified atom stereocenters. The molecule has 19 heavy (non-hydrogen) atoms. The third-order valence-electron chi connectivity index (χ3n) is 4.91. The maximum absolute atomic E-state index is 10.5. The molecule has 1 aliphatic carbocycles. The van der Waals surface area contributed by atoms with E-state index in [0.29, 0.717) is 5.92 Å².